The lowest BCUT2D eigenvalue weighted by Crippen LogP contribution is -2.30. The van der Waals surface area contributed by atoms with Crippen LogP contribution in [0.5, 0.6) is 0 Å². The average Bonchev–Trinajstić information content (AvgIpc) is 2.92. The summed E-state index contributed by atoms with van der Waals surface area (Å²) in [5.74, 6) is -0.667. The predicted molar refractivity (Wildman–Crippen MR) is 96.1 cm³/mol. The summed E-state index contributed by atoms with van der Waals surface area (Å²) in [5.41, 5.74) is 0.312. The van der Waals surface area contributed by atoms with Crippen molar-refractivity contribution in [3.05, 3.63) is 51.4 Å². The first-order valence-electron chi connectivity index (χ1n) is 7.02. The van der Waals surface area contributed by atoms with E-state index in [1.54, 1.807) is 12.1 Å². The smallest absolute Gasteiger partial charge is 0.316 e. The van der Waals surface area contributed by atoms with Crippen LogP contribution in [-0.2, 0) is 20.1 Å². The van der Waals surface area contributed by atoms with Gasteiger partial charge in [0.25, 0.3) is 5.91 Å². The molecule has 0 aliphatic rings. The van der Waals surface area contributed by atoms with Crippen LogP contribution < -0.4 is 5.32 Å². The van der Waals surface area contributed by atoms with Crippen LogP contribution in [0.4, 0.5) is 10.1 Å². The Balaban J connectivity index is 1.73. The Hall–Kier alpha value is -1.57. The third-order valence-electron chi connectivity index (χ3n) is 2.86. The molecule has 0 aliphatic heterocycles. The summed E-state index contributed by atoms with van der Waals surface area (Å²) in [6, 6.07) is 9.21. The van der Waals surface area contributed by atoms with E-state index in [-0.39, 0.29) is 5.75 Å². The molecular weight excluding hydrogens is 373 g/mol. The second-order valence-corrected chi connectivity index (χ2v) is 7.62. The minimum absolute atomic E-state index is 0.132. The highest BCUT2D eigenvalue weighted by molar-refractivity contribution is 7.99. The summed E-state index contributed by atoms with van der Waals surface area (Å²) in [5, 5.41) is 2.50. The molecule has 1 atom stereocenters. The quantitative estimate of drug-likeness (QED) is 0.718. The molecule has 0 saturated heterocycles. The Morgan fingerprint density at radius 3 is 2.83 bits per heavy atom. The van der Waals surface area contributed by atoms with Gasteiger partial charge in [0, 0.05) is 16.3 Å². The van der Waals surface area contributed by atoms with Gasteiger partial charge in [-0.05, 0) is 37.3 Å². The van der Waals surface area contributed by atoms with Gasteiger partial charge in [-0.25, -0.2) is 4.39 Å². The molecule has 0 bridgehead atoms. The van der Waals surface area contributed by atoms with Crippen molar-refractivity contribution in [2.75, 3.05) is 11.1 Å². The number of halogens is 2. The number of hydrogen-bond donors (Lipinski definition) is 1. The molecule has 1 heterocycles. The lowest BCUT2D eigenvalue weighted by Gasteiger charge is -2.13. The highest BCUT2D eigenvalue weighted by Crippen LogP contribution is 2.25. The number of benzene rings is 1. The molecule has 0 aliphatic carbocycles. The van der Waals surface area contributed by atoms with E-state index in [0.29, 0.717) is 15.8 Å². The molecule has 2 rings (SSSR count). The molecule has 0 radical (unpaired) electrons. The van der Waals surface area contributed by atoms with Crippen LogP contribution in [0.1, 0.15) is 11.8 Å². The maximum atomic E-state index is 13.1. The monoisotopic (exact) mass is 387 g/mol. The third-order valence-corrected chi connectivity index (χ3v) is 5.23. The maximum absolute atomic E-state index is 13.1. The second-order valence-electron chi connectivity index (χ2n) is 4.83. The highest BCUT2D eigenvalue weighted by atomic mass is 35.5. The molecule has 0 spiro atoms. The van der Waals surface area contributed by atoms with Crippen molar-refractivity contribution in [2.24, 2.45) is 0 Å². The van der Waals surface area contributed by atoms with Gasteiger partial charge in [-0.1, -0.05) is 17.7 Å². The number of anilines is 1. The van der Waals surface area contributed by atoms with Gasteiger partial charge in [0.15, 0.2) is 6.10 Å². The Labute approximate surface area is 152 Å². The van der Waals surface area contributed by atoms with Crippen molar-refractivity contribution < 1.29 is 18.7 Å². The van der Waals surface area contributed by atoms with Crippen LogP contribution in [0.3, 0.4) is 0 Å². The minimum Gasteiger partial charge on any atom is -0.452 e. The number of amides is 1. The zero-order valence-electron chi connectivity index (χ0n) is 12.8. The first-order chi connectivity index (χ1) is 11.4. The van der Waals surface area contributed by atoms with E-state index in [4.69, 9.17) is 16.3 Å². The number of esters is 1. The van der Waals surface area contributed by atoms with Gasteiger partial charge >= 0.3 is 5.97 Å². The number of thioether (sulfide) groups is 1. The summed E-state index contributed by atoms with van der Waals surface area (Å²) >= 11 is 8.67. The average molecular weight is 388 g/mol. The summed E-state index contributed by atoms with van der Waals surface area (Å²) in [6.45, 7) is 1.47. The topological polar surface area (TPSA) is 55.4 Å². The van der Waals surface area contributed by atoms with Crippen LogP contribution >= 0.6 is 34.7 Å². The molecule has 0 fully saturated rings. The molecule has 2 aromatic rings. The lowest BCUT2D eigenvalue weighted by molar-refractivity contribution is -0.150. The van der Waals surface area contributed by atoms with E-state index in [9.17, 15) is 14.0 Å². The Morgan fingerprint density at radius 1 is 1.38 bits per heavy atom. The van der Waals surface area contributed by atoms with Crippen molar-refractivity contribution in [3.8, 4) is 0 Å². The van der Waals surface area contributed by atoms with Gasteiger partial charge in [-0.15, -0.1) is 23.1 Å². The van der Waals surface area contributed by atoms with Gasteiger partial charge < -0.3 is 10.1 Å². The van der Waals surface area contributed by atoms with Crippen molar-refractivity contribution in [2.45, 2.75) is 18.8 Å². The summed E-state index contributed by atoms with van der Waals surface area (Å²) in [7, 11) is 0. The number of carbonyl (C=O) groups is 2. The van der Waals surface area contributed by atoms with E-state index in [0.717, 1.165) is 4.88 Å². The number of thiophene rings is 1. The molecule has 1 aromatic heterocycles. The maximum Gasteiger partial charge on any atom is 0.316 e. The molecule has 8 heteroatoms. The van der Waals surface area contributed by atoms with E-state index in [1.807, 2.05) is 6.07 Å². The molecule has 128 valence electrons. The first kappa shape index (κ1) is 18.8. The molecular formula is C16H15ClFNO3S2. The fraction of sp³-hybridized carbons (Fsp3) is 0.250. The van der Waals surface area contributed by atoms with Crippen LogP contribution in [0.25, 0.3) is 0 Å². The second kappa shape index (κ2) is 9.05. The standard InChI is InChI=1S/C16H15ClFNO3S2/c1-10(16(21)19-12-4-2-3-11(18)7-12)22-15(20)9-23-8-13-5-6-14(17)24-13/h2-7,10H,8-9H2,1H3,(H,19,21)/t10-/m0/s1. The predicted octanol–water partition coefficient (Wildman–Crippen LogP) is 4.34. The number of nitrogens with one attached hydrogen (secondary N) is 1. The van der Waals surface area contributed by atoms with E-state index >= 15 is 0 Å². The van der Waals surface area contributed by atoms with Gasteiger partial charge in [-0.3, -0.25) is 9.59 Å². The normalized spacial score (nSPS) is 11.8. The number of ether oxygens (including phenoxy) is 1. The Morgan fingerprint density at radius 2 is 2.17 bits per heavy atom. The van der Waals surface area contributed by atoms with Gasteiger partial charge in [0.1, 0.15) is 5.82 Å². The largest absolute Gasteiger partial charge is 0.452 e. The molecule has 4 nitrogen and oxygen atoms in total. The number of hydrogen-bond acceptors (Lipinski definition) is 5. The van der Waals surface area contributed by atoms with Gasteiger partial charge in [-0.2, -0.15) is 0 Å². The molecule has 1 aromatic carbocycles. The zero-order valence-corrected chi connectivity index (χ0v) is 15.1. The lowest BCUT2D eigenvalue weighted by atomic mass is 10.3. The minimum atomic E-state index is -0.961. The molecule has 1 amide bonds. The van der Waals surface area contributed by atoms with E-state index in [2.05, 4.69) is 5.32 Å². The fourth-order valence-electron chi connectivity index (χ4n) is 1.76. The van der Waals surface area contributed by atoms with Gasteiger partial charge in [0.2, 0.25) is 0 Å². The SMILES string of the molecule is C[C@H](OC(=O)CSCc1ccc(Cl)s1)C(=O)Nc1cccc(F)c1. The highest BCUT2D eigenvalue weighted by Gasteiger charge is 2.18. The van der Waals surface area contributed by atoms with Crippen LogP contribution in [-0.4, -0.2) is 23.7 Å². The Kier molecular flexibility index (Phi) is 7.08. The molecule has 0 unspecified atom stereocenters. The van der Waals surface area contributed by atoms with Crippen molar-refractivity contribution in [1.82, 2.24) is 0 Å². The number of rotatable bonds is 7. The molecule has 1 N–H and O–H groups in total. The van der Waals surface area contributed by atoms with E-state index in [1.165, 1.54) is 48.2 Å². The van der Waals surface area contributed by atoms with Crippen molar-refractivity contribution in [1.29, 1.82) is 0 Å². The molecule has 0 saturated carbocycles. The number of carbonyl (C=O) groups excluding carboxylic acids is 2. The van der Waals surface area contributed by atoms with Crippen LogP contribution in [0.15, 0.2) is 36.4 Å². The fourth-order valence-corrected chi connectivity index (χ4v) is 3.76. The Bertz CT molecular complexity index is 723. The zero-order chi connectivity index (χ0) is 17.5. The molecule has 24 heavy (non-hydrogen) atoms. The van der Waals surface area contributed by atoms with Crippen molar-refractivity contribution in [3.63, 3.8) is 0 Å². The van der Waals surface area contributed by atoms with E-state index < -0.39 is 23.8 Å². The van der Waals surface area contributed by atoms with Gasteiger partial charge in [0.05, 0.1) is 10.1 Å². The van der Waals surface area contributed by atoms with Crippen LogP contribution in [0.2, 0.25) is 4.34 Å². The third kappa shape index (κ3) is 6.14. The summed E-state index contributed by atoms with van der Waals surface area (Å²) < 4.78 is 18.8. The summed E-state index contributed by atoms with van der Waals surface area (Å²) in [6.07, 6.45) is -0.961. The van der Waals surface area contributed by atoms with Crippen molar-refractivity contribution >= 4 is 52.3 Å². The van der Waals surface area contributed by atoms with Crippen LogP contribution in [0, 0.1) is 5.82 Å². The first-order valence-corrected chi connectivity index (χ1v) is 9.37. The summed E-state index contributed by atoms with van der Waals surface area (Å²) in [4.78, 5) is 24.7.